The number of ketones is 1. The summed E-state index contributed by atoms with van der Waals surface area (Å²) in [7, 11) is 0. The minimum Gasteiger partial charge on any atom is -0.299 e. The molecule has 0 atom stereocenters. The first-order valence-corrected chi connectivity index (χ1v) is 5.42. The standard InChI is InChI=1S/C13H22O/c1-9(2)10(14)11-12(3,4)7-8-13(11,5)6/h7-9,11H,1-6H3. The SMILES string of the molecule is CC(C)C(=O)C1C(C)(C)C=CC1(C)C. The Hall–Kier alpha value is -0.590. The lowest BCUT2D eigenvalue weighted by Crippen LogP contribution is -2.37. The van der Waals surface area contributed by atoms with Crippen molar-refractivity contribution in [3.8, 4) is 0 Å². The Balaban J connectivity index is 3.02. The monoisotopic (exact) mass is 194 g/mol. The highest BCUT2D eigenvalue weighted by Gasteiger charge is 2.47. The third-order valence-corrected chi connectivity index (χ3v) is 3.28. The van der Waals surface area contributed by atoms with Crippen LogP contribution in [0.25, 0.3) is 0 Å². The summed E-state index contributed by atoms with van der Waals surface area (Å²) in [6, 6.07) is 0. The Kier molecular flexibility index (Phi) is 2.64. The highest BCUT2D eigenvalue weighted by molar-refractivity contribution is 5.85. The van der Waals surface area contributed by atoms with Gasteiger partial charge in [-0.25, -0.2) is 0 Å². The van der Waals surface area contributed by atoms with Crippen molar-refractivity contribution in [1.82, 2.24) is 0 Å². The maximum Gasteiger partial charge on any atom is 0.140 e. The molecule has 14 heavy (non-hydrogen) atoms. The van der Waals surface area contributed by atoms with Crippen LogP contribution in [-0.2, 0) is 4.79 Å². The summed E-state index contributed by atoms with van der Waals surface area (Å²) in [5.74, 6) is 0.665. The normalized spacial score (nSPS) is 24.5. The van der Waals surface area contributed by atoms with Crippen molar-refractivity contribution in [2.75, 3.05) is 0 Å². The molecule has 1 heteroatoms. The summed E-state index contributed by atoms with van der Waals surface area (Å²) >= 11 is 0. The molecule has 0 bridgehead atoms. The van der Waals surface area contributed by atoms with Crippen molar-refractivity contribution < 1.29 is 4.79 Å². The average molecular weight is 194 g/mol. The Morgan fingerprint density at radius 2 is 1.43 bits per heavy atom. The van der Waals surface area contributed by atoms with E-state index in [4.69, 9.17) is 0 Å². The predicted octanol–water partition coefficient (Wildman–Crippen LogP) is 3.45. The van der Waals surface area contributed by atoms with Crippen LogP contribution < -0.4 is 0 Å². The highest BCUT2D eigenvalue weighted by Crippen LogP contribution is 2.49. The zero-order valence-electron chi connectivity index (χ0n) is 10.2. The van der Waals surface area contributed by atoms with Crippen molar-refractivity contribution in [3.05, 3.63) is 12.2 Å². The van der Waals surface area contributed by atoms with Crippen molar-refractivity contribution >= 4 is 5.78 Å². The molecule has 0 N–H and O–H groups in total. The number of carbonyl (C=O) groups is 1. The van der Waals surface area contributed by atoms with Crippen LogP contribution in [0.2, 0.25) is 0 Å². The van der Waals surface area contributed by atoms with E-state index >= 15 is 0 Å². The van der Waals surface area contributed by atoms with Gasteiger partial charge in [-0.3, -0.25) is 4.79 Å². The predicted molar refractivity (Wildman–Crippen MR) is 60.0 cm³/mol. The van der Waals surface area contributed by atoms with Crippen LogP contribution in [0.1, 0.15) is 41.5 Å². The summed E-state index contributed by atoms with van der Waals surface area (Å²) in [6.45, 7) is 12.6. The van der Waals surface area contributed by atoms with Crippen LogP contribution >= 0.6 is 0 Å². The molecular formula is C13H22O. The second-order valence-electron chi connectivity index (χ2n) is 5.97. The minimum atomic E-state index is 0.0187. The van der Waals surface area contributed by atoms with Gasteiger partial charge in [-0.15, -0.1) is 0 Å². The van der Waals surface area contributed by atoms with Crippen LogP contribution in [0, 0.1) is 22.7 Å². The zero-order chi connectivity index (χ0) is 11.1. The van der Waals surface area contributed by atoms with Gasteiger partial charge in [0, 0.05) is 11.8 Å². The molecule has 1 rings (SSSR count). The van der Waals surface area contributed by atoms with E-state index in [1.165, 1.54) is 0 Å². The number of carbonyl (C=O) groups excluding carboxylic acids is 1. The number of hydrogen-bond donors (Lipinski definition) is 0. The van der Waals surface area contributed by atoms with E-state index in [9.17, 15) is 4.79 Å². The van der Waals surface area contributed by atoms with E-state index < -0.39 is 0 Å². The summed E-state index contributed by atoms with van der Waals surface area (Å²) in [6.07, 6.45) is 4.38. The Labute approximate surface area is 87.6 Å². The molecule has 0 aromatic rings. The van der Waals surface area contributed by atoms with Gasteiger partial charge in [0.25, 0.3) is 0 Å². The maximum absolute atomic E-state index is 12.1. The molecule has 1 nitrogen and oxygen atoms in total. The second-order valence-corrected chi connectivity index (χ2v) is 5.97. The summed E-state index contributed by atoms with van der Waals surface area (Å²) in [5, 5.41) is 0. The number of allylic oxidation sites excluding steroid dienone is 2. The quantitative estimate of drug-likeness (QED) is 0.615. The van der Waals surface area contributed by atoms with Gasteiger partial charge in [0.15, 0.2) is 0 Å². The maximum atomic E-state index is 12.1. The minimum absolute atomic E-state index is 0.0187. The van der Waals surface area contributed by atoms with Gasteiger partial charge in [-0.2, -0.15) is 0 Å². The molecule has 0 saturated heterocycles. The largest absolute Gasteiger partial charge is 0.299 e. The molecule has 0 aliphatic heterocycles. The van der Waals surface area contributed by atoms with Crippen molar-refractivity contribution in [2.45, 2.75) is 41.5 Å². The highest BCUT2D eigenvalue weighted by atomic mass is 16.1. The smallest absolute Gasteiger partial charge is 0.140 e. The molecule has 0 heterocycles. The fraction of sp³-hybridized carbons (Fsp3) is 0.769. The van der Waals surface area contributed by atoms with Crippen LogP contribution in [0.15, 0.2) is 12.2 Å². The molecule has 0 radical (unpaired) electrons. The second kappa shape index (κ2) is 3.22. The van der Waals surface area contributed by atoms with E-state index in [-0.39, 0.29) is 22.7 Å². The van der Waals surface area contributed by atoms with E-state index in [1.54, 1.807) is 0 Å². The number of Topliss-reactive ketones (excluding diaryl/α,β-unsaturated/α-hetero) is 1. The van der Waals surface area contributed by atoms with Gasteiger partial charge < -0.3 is 0 Å². The Morgan fingerprint density at radius 1 is 1.07 bits per heavy atom. The third-order valence-electron chi connectivity index (χ3n) is 3.28. The summed E-state index contributed by atoms with van der Waals surface area (Å²) in [4.78, 5) is 12.1. The molecule has 1 aliphatic carbocycles. The first-order chi connectivity index (χ1) is 6.18. The van der Waals surface area contributed by atoms with E-state index in [2.05, 4.69) is 39.8 Å². The van der Waals surface area contributed by atoms with Gasteiger partial charge in [0.05, 0.1) is 0 Å². The van der Waals surface area contributed by atoms with Crippen LogP contribution in [0.4, 0.5) is 0 Å². The lowest BCUT2D eigenvalue weighted by Gasteiger charge is -2.35. The van der Waals surface area contributed by atoms with Gasteiger partial charge in [0.1, 0.15) is 5.78 Å². The molecule has 0 unspecified atom stereocenters. The first-order valence-electron chi connectivity index (χ1n) is 5.42. The molecule has 0 saturated carbocycles. The molecule has 0 amide bonds. The van der Waals surface area contributed by atoms with Crippen LogP contribution in [0.5, 0.6) is 0 Å². The van der Waals surface area contributed by atoms with Gasteiger partial charge in [0.2, 0.25) is 0 Å². The number of rotatable bonds is 2. The van der Waals surface area contributed by atoms with E-state index in [0.29, 0.717) is 5.78 Å². The fourth-order valence-corrected chi connectivity index (χ4v) is 2.65. The molecule has 0 spiro atoms. The average Bonchev–Trinajstić information content (AvgIpc) is 2.20. The molecule has 0 fully saturated rings. The van der Waals surface area contributed by atoms with Crippen molar-refractivity contribution in [2.24, 2.45) is 22.7 Å². The summed E-state index contributed by atoms with van der Waals surface area (Å²) < 4.78 is 0. The summed E-state index contributed by atoms with van der Waals surface area (Å²) in [5.41, 5.74) is 0.0374. The topological polar surface area (TPSA) is 17.1 Å². The third kappa shape index (κ3) is 1.77. The number of hydrogen-bond acceptors (Lipinski definition) is 1. The van der Waals surface area contributed by atoms with Gasteiger partial charge in [-0.1, -0.05) is 53.7 Å². The lowest BCUT2D eigenvalue weighted by atomic mass is 9.67. The first kappa shape index (κ1) is 11.5. The van der Waals surface area contributed by atoms with Crippen molar-refractivity contribution in [1.29, 1.82) is 0 Å². The molecule has 80 valence electrons. The van der Waals surface area contributed by atoms with Crippen molar-refractivity contribution in [3.63, 3.8) is 0 Å². The Morgan fingerprint density at radius 3 is 1.71 bits per heavy atom. The molecule has 0 aromatic carbocycles. The molecule has 1 aliphatic rings. The van der Waals surface area contributed by atoms with Gasteiger partial charge in [-0.05, 0) is 10.8 Å². The van der Waals surface area contributed by atoms with E-state index in [1.807, 2.05) is 13.8 Å². The van der Waals surface area contributed by atoms with Crippen LogP contribution in [0.3, 0.4) is 0 Å². The molecular weight excluding hydrogens is 172 g/mol. The van der Waals surface area contributed by atoms with Gasteiger partial charge >= 0.3 is 0 Å². The van der Waals surface area contributed by atoms with Crippen LogP contribution in [-0.4, -0.2) is 5.78 Å². The lowest BCUT2D eigenvalue weighted by molar-refractivity contribution is -0.131. The Bertz CT molecular complexity index is 251. The fourth-order valence-electron chi connectivity index (χ4n) is 2.65. The molecule has 0 aromatic heterocycles. The zero-order valence-corrected chi connectivity index (χ0v) is 10.2. The van der Waals surface area contributed by atoms with E-state index in [0.717, 1.165) is 0 Å².